The molecule has 6 heteroatoms. The van der Waals surface area contributed by atoms with Crippen LogP contribution in [0.15, 0.2) is 42.5 Å². The minimum absolute atomic E-state index is 0.305. The molecule has 2 aromatic rings. The summed E-state index contributed by atoms with van der Waals surface area (Å²) in [7, 11) is 1.49. The lowest BCUT2D eigenvalue weighted by molar-refractivity contribution is -0.124. The van der Waals surface area contributed by atoms with Crippen LogP contribution >= 0.6 is 11.6 Å². The maximum atomic E-state index is 10.2. The second-order valence-corrected chi connectivity index (χ2v) is 7.52. The summed E-state index contributed by atoms with van der Waals surface area (Å²) in [4.78, 5) is 0. The fourth-order valence-electron chi connectivity index (χ4n) is 2.96. The van der Waals surface area contributed by atoms with Gasteiger partial charge in [-0.25, -0.2) is 0 Å². The number of aliphatic hydroxyl groups is 2. The van der Waals surface area contributed by atoms with Gasteiger partial charge >= 0.3 is 0 Å². The Hall–Kier alpha value is -1.63. The van der Waals surface area contributed by atoms with Crippen LogP contribution in [0.3, 0.4) is 0 Å². The molecule has 0 saturated carbocycles. The second-order valence-electron chi connectivity index (χ2n) is 7.12. The van der Waals surface area contributed by atoms with Crippen LogP contribution in [0.4, 0.5) is 0 Å². The summed E-state index contributed by atoms with van der Waals surface area (Å²) < 4.78 is 16.3. The van der Waals surface area contributed by atoms with Crippen molar-refractivity contribution < 1.29 is 24.4 Å². The lowest BCUT2D eigenvalue weighted by atomic mass is 10.0. The fraction of sp³-hybridized carbons (Fsp3) is 0.478. The number of hydrogen-bond acceptors (Lipinski definition) is 5. The van der Waals surface area contributed by atoms with E-state index < -0.39 is 24.4 Å². The first-order valence-corrected chi connectivity index (χ1v) is 10.2. The van der Waals surface area contributed by atoms with Gasteiger partial charge in [-0.15, -0.1) is 0 Å². The molecular formula is C23H31ClO5. The molecule has 2 rings (SSSR count). The zero-order valence-corrected chi connectivity index (χ0v) is 18.2. The minimum Gasteiger partial charge on any atom is -0.494 e. The van der Waals surface area contributed by atoms with Crippen molar-refractivity contribution in [3.63, 3.8) is 0 Å². The molecule has 0 aliphatic rings. The summed E-state index contributed by atoms with van der Waals surface area (Å²) in [5.74, 6) is 0.849. The molecule has 0 spiro atoms. The molecule has 0 fully saturated rings. The standard InChI is InChI=1S/C23H31ClO5/c1-5-28-20-9-6-17(7-10-20)12-19-13-18(8-11-21(19)24)14-29-16(3)23(26)22(25)15(2)27-4/h6-11,13,15-16,22-23,25-26H,5,12,14H2,1-4H3/t15-,16+,22?,23+/m0/s1. The van der Waals surface area contributed by atoms with Crippen molar-refractivity contribution in [3.05, 3.63) is 64.2 Å². The van der Waals surface area contributed by atoms with Crippen molar-refractivity contribution in [2.24, 2.45) is 0 Å². The van der Waals surface area contributed by atoms with Crippen LogP contribution in [0.5, 0.6) is 5.75 Å². The Labute approximate surface area is 178 Å². The van der Waals surface area contributed by atoms with Crippen molar-refractivity contribution in [1.82, 2.24) is 0 Å². The third-order valence-electron chi connectivity index (χ3n) is 4.94. The third-order valence-corrected chi connectivity index (χ3v) is 5.30. The van der Waals surface area contributed by atoms with Gasteiger partial charge in [-0.05, 0) is 62.1 Å². The molecular weight excluding hydrogens is 392 g/mol. The van der Waals surface area contributed by atoms with E-state index in [-0.39, 0.29) is 0 Å². The van der Waals surface area contributed by atoms with Crippen LogP contribution in [0, 0.1) is 0 Å². The van der Waals surface area contributed by atoms with Crippen molar-refractivity contribution in [1.29, 1.82) is 0 Å². The Morgan fingerprint density at radius 1 is 0.931 bits per heavy atom. The van der Waals surface area contributed by atoms with Crippen LogP contribution < -0.4 is 4.74 Å². The summed E-state index contributed by atoms with van der Waals surface area (Å²) in [6.45, 7) is 6.33. The number of hydrogen-bond donors (Lipinski definition) is 2. The zero-order valence-electron chi connectivity index (χ0n) is 17.5. The Morgan fingerprint density at radius 3 is 2.17 bits per heavy atom. The topological polar surface area (TPSA) is 68.2 Å². The summed E-state index contributed by atoms with van der Waals surface area (Å²) in [5.41, 5.74) is 3.08. The molecule has 5 nitrogen and oxygen atoms in total. The van der Waals surface area contributed by atoms with Gasteiger partial charge in [0.2, 0.25) is 0 Å². The molecule has 4 atom stereocenters. The highest BCUT2D eigenvalue weighted by Gasteiger charge is 2.28. The van der Waals surface area contributed by atoms with E-state index >= 15 is 0 Å². The first kappa shape index (κ1) is 23.6. The Bertz CT molecular complexity index is 749. The average molecular weight is 423 g/mol. The van der Waals surface area contributed by atoms with Gasteiger partial charge in [0.1, 0.15) is 18.0 Å². The molecule has 2 N–H and O–H groups in total. The number of halogens is 1. The molecule has 0 aromatic heterocycles. The number of benzene rings is 2. The second kappa shape index (κ2) is 11.5. The molecule has 0 bridgehead atoms. The Morgan fingerprint density at radius 2 is 1.55 bits per heavy atom. The van der Waals surface area contributed by atoms with Gasteiger partial charge in [-0.3, -0.25) is 0 Å². The fourth-order valence-corrected chi connectivity index (χ4v) is 3.15. The highest BCUT2D eigenvalue weighted by molar-refractivity contribution is 6.31. The van der Waals surface area contributed by atoms with E-state index in [1.165, 1.54) is 7.11 Å². The van der Waals surface area contributed by atoms with E-state index in [0.717, 1.165) is 22.4 Å². The highest BCUT2D eigenvalue weighted by atomic mass is 35.5. The molecule has 0 aliphatic carbocycles. The van der Waals surface area contributed by atoms with Gasteiger partial charge in [0, 0.05) is 12.1 Å². The van der Waals surface area contributed by atoms with Gasteiger partial charge in [-0.1, -0.05) is 35.9 Å². The average Bonchev–Trinajstić information content (AvgIpc) is 2.73. The van der Waals surface area contributed by atoms with Gasteiger partial charge in [0.15, 0.2) is 0 Å². The molecule has 0 aliphatic heterocycles. The van der Waals surface area contributed by atoms with Crippen molar-refractivity contribution in [2.75, 3.05) is 13.7 Å². The van der Waals surface area contributed by atoms with Gasteiger partial charge in [0.25, 0.3) is 0 Å². The molecule has 0 radical (unpaired) electrons. The van der Waals surface area contributed by atoms with E-state index in [9.17, 15) is 10.2 Å². The summed E-state index contributed by atoms with van der Waals surface area (Å²) in [5, 5.41) is 21.0. The van der Waals surface area contributed by atoms with E-state index in [1.807, 2.05) is 49.4 Å². The van der Waals surface area contributed by atoms with Crippen molar-refractivity contribution in [3.8, 4) is 5.75 Å². The molecule has 160 valence electrons. The number of ether oxygens (including phenoxy) is 3. The molecule has 0 heterocycles. The molecule has 2 aromatic carbocycles. The van der Waals surface area contributed by atoms with E-state index in [2.05, 4.69) is 0 Å². The summed E-state index contributed by atoms with van der Waals surface area (Å²) in [6, 6.07) is 13.7. The van der Waals surface area contributed by atoms with Crippen LogP contribution in [-0.4, -0.2) is 48.3 Å². The van der Waals surface area contributed by atoms with E-state index in [1.54, 1.807) is 13.8 Å². The predicted molar refractivity (Wildman–Crippen MR) is 115 cm³/mol. The van der Waals surface area contributed by atoms with Crippen LogP contribution in [0.2, 0.25) is 5.02 Å². The first-order chi connectivity index (χ1) is 13.8. The highest BCUT2D eigenvalue weighted by Crippen LogP contribution is 2.23. The zero-order chi connectivity index (χ0) is 21.4. The molecule has 0 amide bonds. The van der Waals surface area contributed by atoms with Crippen LogP contribution in [0.25, 0.3) is 0 Å². The smallest absolute Gasteiger partial charge is 0.119 e. The van der Waals surface area contributed by atoms with Crippen LogP contribution in [0.1, 0.15) is 37.5 Å². The predicted octanol–water partition coefficient (Wildman–Crippen LogP) is 3.99. The quantitative estimate of drug-likeness (QED) is 0.573. The lowest BCUT2D eigenvalue weighted by Gasteiger charge is -2.27. The lowest BCUT2D eigenvalue weighted by Crippen LogP contribution is -2.43. The van der Waals surface area contributed by atoms with Gasteiger partial charge in [-0.2, -0.15) is 0 Å². The Kier molecular flexibility index (Phi) is 9.40. The Balaban J connectivity index is 1.99. The normalized spacial score (nSPS) is 15.6. The molecule has 29 heavy (non-hydrogen) atoms. The van der Waals surface area contributed by atoms with E-state index in [4.69, 9.17) is 25.8 Å². The molecule has 1 unspecified atom stereocenters. The molecule has 0 saturated heterocycles. The maximum absolute atomic E-state index is 10.2. The number of rotatable bonds is 11. The number of methoxy groups -OCH3 is 1. The minimum atomic E-state index is -1.04. The first-order valence-electron chi connectivity index (χ1n) is 9.85. The number of aliphatic hydroxyl groups excluding tert-OH is 2. The SMILES string of the molecule is CCOc1ccc(Cc2cc(CO[C@H](C)[C@@H](O)C(O)[C@H](C)OC)ccc2Cl)cc1. The largest absolute Gasteiger partial charge is 0.494 e. The maximum Gasteiger partial charge on any atom is 0.119 e. The third kappa shape index (κ3) is 6.98. The van der Waals surface area contributed by atoms with Crippen molar-refractivity contribution in [2.45, 2.75) is 58.2 Å². The van der Waals surface area contributed by atoms with Crippen LogP contribution in [-0.2, 0) is 22.5 Å². The van der Waals surface area contributed by atoms with Crippen molar-refractivity contribution >= 4 is 11.6 Å². The summed E-state index contributed by atoms with van der Waals surface area (Å²) >= 11 is 6.38. The van der Waals surface area contributed by atoms with E-state index in [0.29, 0.717) is 24.7 Å². The van der Waals surface area contributed by atoms with Gasteiger partial charge in [0.05, 0.1) is 25.4 Å². The van der Waals surface area contributed by atoms with Gasteiger partial charge < -0.3 is 24.4 Å². The summed E-state index contributed by atoms with van der Waals surface area (Å²) in [6.07, 6.45) is -2.39. The monoisotopic (exact) mass is 422 g/mol.